The van der Waals surface area contributed by atoms with Crippen LogP contribution in [0.4, 0.5) is 14.5 Å². The van der Waals surface area contributed by atoms with E-state index in [4.69, 9.17) is 4.74 Å². The number of hydrogen-bond acceptors (Lipinski definition) is 5. The first-order valence-corrected chi connectivity index (χ1v) is 12.5. The molecule has 0 radical (unpaired) electrons. The molecule has 174 valence electrons. The van der Waals surface area contributed by atoms with E-state index >= 15 is 0 Å². The Morgan fingerprint density at radius 2 is 1.69 bits per heavy atom. The van der Waals surface area contributed by atoms with Crippen molar-refractivity contribution in [1.82, 2.24) is 9.21 Å². The molecule has 1 atom stereocenters. The van der Waals surface area contributed by atoms with Crippen molar-refractivity contribution in [2.45, 2.75) is 26.0 Å². The van der Waals surface area contributed by atoms with Crippen molar-refractivity contribution in [3.63, 3.8) is 0 Å². The summed E-state index contributed by atoms with van der Waals surface area (Å²) < 4.78 is 59.1. The average Bonchev–Trinajstić information content (AvgIpc) is 2.91. The lowest BCUT2D eigenvalue weighted by Crippen LogP contribution is -2.49. The Morgan fingerprint density at radius 3 is 2.34 bits per heavy atom. The summed E-state index contributed by atoms with van der Waals surface area (Å²) in [6, 6.07) is 9.42. The van der Waals surface area contributed by atoms with E-state index in [1.807, 2.05) is 19.2 Å². The highest BCUT2D eigenvalue weighted by molar-refractivity contribution is 7.89. The molecule has 0 saturated carbocycles. The first-order valence-electron chi connectivity index (χ1n) is 10.9. The average molecular weight is 466 g/mol. The third-order valence-electron chi connectivity index (χ3n) is 6.16. The summed E-state index contributed by atoms with van der Waals surface area (Å²) in [6.07, 6.45) is 0.394. The van der Waals surface area contributed by atoms with Gasteiger partial charge in [-0.05, 0) is 37.2 Å². The van der Waals surface area contributed by atoms with Crippen LogP contribution in [-0.2, 0) is 16.6 Å². The van der Waals surface area contributed by atoms with E-state index in [0.29, 0.717) is 32.6 Å². The molecule has 2 heterocycles. The maximum Gasteiger partial charge on any atom is 0.213 e. The van der Waals surface area contributed by atoms with Gasteiger partial charge in [0.1, 0.15) is 23.5 Å². The number of piperazine rings is 1. The van der Waals surface area contributed by atoms with Gasteiger partial charge in [0, 0.05) is 69.6 Å². The zero-order valence-corrected chi connectivity index (χ0v) is 19.2. The molecule has 2 aromatic carbocycles. The molecule has 2 aliphatic heterocycles. The van der Waals surface area contributed by atoms with Crippen LogP contribution in [-0.4, -0.2) is 63.1 Å². The summed E-state index contributed by atoms with van der Waals surface area (Å²) >= 11 is 0. The van der Waals surface area contributed by atoms with E-state index in [2.05, 4.69) is 15.9 Å². The molecule has 0 amide bonds. The molecule has 0 aromatic heterocycles. The number of fused-ring (bicyclic) bond motifs is 1. The minimum absolute atomic E-state index is 0.120. The molecule has 0 spiro atoms. The van der Waals surface area contributed by atoms with E-state index in [-0.39, 0.29) is 17.6 Å². The summed E-state index contributed by atoms with van der Waals surface area (Å²) in [5.74, 6) is -1.02. The second-order valence-corrected chi connectivity index (χ2v) is 10.7. The number of ether oxygens (including phenoxy) is 1. The quantitative estimate of drug-likeness (QED) is 0.678. The molecule has 9 heteroatoms. The van der Waals surface area contributed by atoms with E-state index in [1.54, 1.807) is 11.2 Å². The minimum Gasteiger partial charge on any atom is -0.485 e. The molecule has 6 nitrogen and oxygen atoms in total. The topological polar surface area (TPSA) is 53.1 Å². The van der Waals surface area contributed by atoms with Crippen LogP contribution in [0.15, 0.2) is 36.4 Å². The number of anilines is 1. The summed E-state index contributed by atoms with van der Waals surface area (Å²) in [4.78, 5) is 4.40. The maximum atomic E-state index is 13.6. The summed E-state index contributed by atoms with van der Waals surface area (Å²) in [6.45, 7) is 5.42. The van der Waals surface area contributed by atoms with Crippen LogP contribution < -0.4 is 9.64 Å². The highest BCUT2D eigenvalue weighted by Gasteiger charge is 2.27. The van der Waals surface area contributed by atoms with Crippen molar-refractivity contribution >= 4 is 15.7 Å². The predicted molar refractivity (Wildman–Crippen MR) is 120 cm³/mol. The van der Waals surface area contributed by atoms with Crippen molar-refractivity contribution in [1.29, 1.82) is 0 Å². The number of halogens is 2. The molecule has 2 aliphatic rings. The van der Waals surface area contributed by atoms with Crippen molar-refractivity contribution in [2.24, 2.45) is 0 Å². The Morgan fingerprint density at radius 1 is 1.00 bits per heavy atom. The van der Waals surface area contributed by atoms with Crippen LogP contribution in [0.5, 0.6) is 5.75 Å². The van der Waals surface area contributed by atoms with Crippen molar-refractivity contribution in [3.8, 4) is 5.75 Å². The second-order valence-electron chi connectivity index (χ2n) is 8.41. The van der Waals surface area contributed by atoms with Gasteiger partial charge in [0.2, 0.25) is 10.0 Å². The molecule has 1 saturated heterocycles. The van der Waals surface area contributed by atoms with Gasteiger partial charge in [-0.25, -0.2) is 17.2 Å². The van der Waals surface area contributed by atoms with Gasteiger partial charge in [0.25, 0.3) is 0 Å². The van der Waals surface area contributed by atoms with Crippen LogP contribution in [0.3, 0.4) is 0 Å². The van der Waals surface area contributed by atoms with Gasteiger partial charge < -0.3 is 14.5 Å². The Labute approximate surface area is 188 Å². The van der Waals surface area contributed by atoms with E-state index < -0.39 is 21.7 Å². The number of hydrogen-bond donors (Lipinski definition) is 0. The van der Waals surface area contributed by atoms with E-state index in [0.717, 1.165) is 36.0 Å². The van der Waals surface area contributed by atoms with E-state index in [1.165, 1.54) is 12.1 Å². The van der Waals surface area contributed by atoms with Gasteiger partial charge in [-0.1, -0.05) is 6.07 Å². The van der Waals surface area contributed by atoms with Crippen molar-refractivity contribution in [3.05, 3.63) is 59.2 Å². The molecule has 32 heavy (non-hydrogen) atoms. The van der Waals surface area contributed by atoms with Gasteiger partial charge in [-0.3, -0.25) is 0 Å². The summed E-state index contributed by atoms with van der Waals surface area (Å²) in [5.41, 5.74) is 3.16. The zero-order chi connectivity index (χ0) is 22.9. The minimum atomic E-state index is -3.17. The molecule has 1 unspecified atom stereocenters. The largest absolute Gasteiger partial charge is 0.485 e. The Balaban J connectivity index is 1.55. The lowest BCUT2D eigenvalue weighted by molar-refractivity contribution is 0.181. The maximum absolute atomic E-state index is 13.6. The highest BCUT2D eigenvalue weighted by atomic mass is 32.2. The van der Waals surface area contributed by atoms with Gasteiger partial charge in [0.05, 0.1) is 5.75 Å². The monoisotopic (exact) mass is 465 g/mol. The summed E-state index contributed by atoms with van der Waals surface area (Å²) in [7, 11) is -1.13. The number of rotatable bonds is 5. The van der Waals surface area contributed by atoms with Crippen LogP contribution in [0.1, 0.15) is 30.6 Å². The van der Waals surface area contributed by atoms with Crippen LogP contribution in [0, 0.1) is 11.6 Å². The Kier molecular flexibility index (Phi) is 6.69. The first kappa shape index (κ1) is 22.9. The number of sulfonamides is 1. The molecule has 0 aliphatic carbocycles. The second kappa shape index (κ2) is 9.33. The Hall–Kier alpha value is -2.23. The van der Waals surface area contributed by atoms with Gasteiger partial charge in [-0.2, -0.15) is 4.31 Å². The third-order valence-corrected chi connectivity index (χ3v) is 8.04. The zero-order valence-electron chi connectivity index (χ0n) is 18.4. The molecule has 0 bridgehead atoms. The Bertz CT molecular complexity index is 1050. The standard InChI is InChI=1S/C23H29F2N3O3S/c1-3-32(29,30)28-10-8-27(9-11-28)20-4-5-22-17(12-20)16-26(2)7-6-23(22)31-21-14-18(24)13-19(25)15-21/h4-5,12-15,23H,3,6-11,16H2,1-2H3. The number of benzene rings is 2. The molecular weight excluding hydrogens is 436 g/mol. The normalized spacial score (nSPS) is 20.6. The van der Waals surface area contributed by atoms with Crippen LogP contribution in [0.2, 0.25) is 0 Å². The van der Waals surface area contributed by atoms with Crippen molar-refractivity contribution < 1.29 is 21.9 Å². The first-order chi connectivity index (χ1) is 15.2. The smallest absolute Gasteiger partial charge is 0.213 e. The molecule has 1 fully saturated rings. The molecule has 2 aromatic rings. The fraction of sp³-hybridized carbons (Fsp3) is 0.478. The van der Waals surface area contributed by atoms with Crippen LogP contribution in [0.25, 0.3) is 0 Å². The van der Waals surface area contributed by atoms with Gasteiger partial charge >= 0.3 is 0 Å². The molecular formula is C23H29F2N3O3S. The SMILES string of the molecule is CCS(=O)(=O)N1CCN(c2ccc3c(c2)CN(C)CCC3Oc2cc(F)cc(F)c2)CC1. The number of nitrogens with zero attached hydrogens (tertiary/aromatic N) is 3. The van der Waals surface area contributed by atoms with E-state index in [9.17, 15) is 17.2 Å². The van der Waals surface area contributed by atoms with Crippen LogP contribution >= 0.6 is 0 Å². The van der Waals surface area contributed by atoms with Gasteiger partial charge in [0.15, 0.2) is 0 Å². The molecule has 0 N–H and O–H groups in total. The third kappa shape index (κ3) is 5.05. The van der Waals surface area contributed by atoms with Gasteiger partial charge in [-0.15, -0.1) is 0 Å². The predicted octanol–water partition coefficient (Wildman–Crippen LogP) is 3.39. The fourth-order valence-corrected chi connectivity index (χ4v) is 5.48. The lowest BCUT2D eigenvalue weighted by Gasteiger charge is -2.35. The summed E-state index contributed by atoms with van der Waals surface area (Å²) in [5, 5.41) is 0. The lowest BCUT2D eigenvalue weighted by atomic mass is 10.00. The molecule has 4 rings (SSSR count). The van der Waals surface area contributed by atoms with Crippen molar-refractivity contribution in [2.75, 3.05) is 50.4 Å². The fourth-order valence-electron chi connectivity index (χ4n) is 4.39. The highest BCUT2D eigenvalue weighted by Crippen LogP contribution is 2.34.